The highest BCUT2D eigenvalue weighted by Gasteiger charge is 2.21. The molecule has 4 heteroatoms. The minimum atomic E-state index is 1.21. The van der Waals surface area contributed by atoms with Gasteiger partial charge in [-0.3, -0.25) is 0 Å². The molecule has 1 N–H and O–H groups in total. The van der Waals surface area contributed by atoms with Crippen LogP contribution in [-0.2, 0) is 0 Å². The van der Waals surface area contributed by atoms with Gasteiger partial charge in [-0.25, -0.2) is 0 Å². The maximum absolute atomic E-state index is 3.67. The van der Waals surface area contributed by atoms with Gasteiger partial charge in [0.05, 0.1) is 11.0 Å². The average Bonchev–Trinajstić information content (AvgIpc) is 3.61. The first-order valence-corrected chi connectivity index (χ1v) is 13.1. The first-order valence-electron chi connectivity index (χ1n) is 11.4. The number of H-pyrrole nitrogens is 1. The van der Waals surface area contributed by atoms with Crippen molar-refractivity contribution in [1.29, 1.82) is 0 Å². The van der Waals surface area contributed by atoms with E-state index in [-0.39, 0.29) is 0 Å². The zero-order chi connectivity index (χ0) is 22.0. The van der Waals surface area contributed by atoms with Crippen LogP contribution in [0.3, 0.4) is 0 Å². The Morgan fingerprint density at radius 3 is 2.03 bits per heavy atom. The van der Waals surface area contributed by atoms with Crippen molar-refractivity contribution in [3.63, 3.8) is 0 Å². The Kier molecular flexibility index (Phi) is 3.09. The molecule has 9 aromatic rings. The Morgan fingerprint density at radius 1 is 0.500 bits per heavy atom. The zero-order valence-corrected chi connectivity index (χ0v) is 19.6. The second-order valence-corrected chi connectivity index (χ2v) is 11.3. The van der Waals surface area contributed by atoms with E-state index in [9.17, 15) is 0 Å². The van der Waals surface area contributed by atoms with Crippen molar-refractivity contribution in [3.8, 4) is 16.8 Å². The van der Waals surface area contributed by atoms with Gasteiger partial charge in [-0.1, -0.05) is 30.3 Å². The molecule has 0 amide bonds. The third-order valence-corrected chi connectivity index (χ3v) is 9.46. The lowest BCUT2D eigenvalue weighted by atomic mass is 10.0. The van der Waals surface area contributed by atoms with Crippen LogP contribution in [0.4, 0.5) is 0 Å². The van der Waals surface area contributed by atoms with E-state index in [4.69, 9.17) is 0 Å². The van der Waals surface area contributed by atoms with Gasteiger partial charge in [0.15, 0.2) is 0 Å². The molecule has 34 heavy (non-hydrogen) atoms. The van der Waals surface area contributed by atoms with Gasteiger partial charge in [0.1, 0.15) is 0 Å². The van der Waals surface area contributed by atoms with E-state index >= 15 is 0 Å². The van der Waals surface area contributed by atoms with Gasteiger partial charge in [0, 0.05) is 57.1 Å². The fourth-order valence-corrected chi connectivity index (χ4v) is 8.27. The first kappa shape index (κ1) is 17.6. The van der Waals surface area contributed by atoms with Gasteiger partial charge in [-0.05, 0) is 71.8 Å². The lowest BCUT2D eigenvalue weighted by molar-refractivity contribution is 1.18. The summed E-state index contributed by atoms with van der Waals surface area (Å²) < 4.78 is 7.86. The van der Waals surface area contributed by atoms with E-state index in [0.29, 0.717) is 0 Å². The predicted molar refractivity (Wildman–Crippen MR) is 149 cm³/mol. The molecule has 9 rings (SSSR count). The number of para-hydroxylation sites is 1. The molecule has 5 aromatic carbocycles. The number of thiophene rings is 2. The highest BCUT2D eigenvalue weighted by Crippen LogP contribution is 2.47. The fraction of sp³-hybridized carbons (Fsp3) is 0. The minimum absolute atomic E-state index is 1.21. The molecule has 0 aliphatic heterocycles. The zero-order valence-electron chi connectivity index (χ0n) is 17.9. The quantitative estimate of drug-likeness (QED) is 0.261. The number of hydrogen-bond acceptors (Lipinski definition) is 2. The van der Waals surface area contributed by atoms with Crippen LogP contribution in [-0.4, -0.2) is 9.55 Å². The van der Waals surface area contributed by atoms with Crippen molar-refractivity contribution in [2.24, 2.45) is 0 Å². The van der Waals surface area contributed by atoms with E-state index in [1.165, 1.54) is 79.2 Å². The van der Waals surface area contributed by atoms with Gasteiger partial charge in [0.2, 0.25) is 0 Å². The largest absolute Gasteiger partial charge is 0.354 e. The molecule has 4 heterocycles. The van der Waals surface area contributed by atoms with Crippen LogP contribution in [0.25, 0.3) is 79.2 Å². The summed E-state index contributed by atoms with van der Waals surface area (Å²) >= 11 is 3.80. The summed E-state index contributed by atoms with van der Waals surface area (Å²) in [6, 6.07) is 33.5. The van der Waals surface area contributed by atoms with Gasteiger partial charge in [-0.2, -0.15) is 0 Å². The molecule has 0 spiro atoms. The smallest absolute Gasteiger partial charge is 0.0562 e. The minimum Gasteiger partial charge on any atom is -0.354 e. The summed E-state index contributed by atoms with van der Waals surface area (Å²) in [4.78, 5) is 3.67. The van der Waals surface area contributed by atoms with Crippen LogP contribution < -0.4 is 0 Å². The molecule has 0 fully saturated rings. The lowest BCUT2D eigenvalue weighted by Crippen LogP contribution is -1.93. The summed E-state index contributed by atoms with van der Waals surface area (Å²) in [6.45, 7) is 0. The average molecular weight is 469 g/mol. The maximum Gasteiger partial charge on any atom is 0.0562 e. The highest BCUT2D eigenvalue weighted by atomic mass is 32.1. The van der Waals surface area contributed by atoms with E-state index < -0.39 is 0 Å². The topological polar surface area (TPSA) is 20.7 Å². The Bertz CT molecular complexity index is 2110. The van der Waals surface area contributed by atoms with E-state index in [1.807, 2.05) is 22.7 Å². The van der Waals surface area contributed by atoms with Crippen molar-refractivity contribution in [1.82, 2.24) is 9.55 Å². The van der Waals surface area contributed by atoms with Gasteiger partial charge < -0.3 is 9.55 Å². The summed E-state index contributed by atoms with van der Waals surface area (Å²) in [7, 11) is 0. The SMILES string of the molecule is c1ccc(-n2c3cccc4sc5cc(-c6cc7[nH]c8cccc9sc(c6)c7c89)cc2c5c43)cc1. The van der Waals surface area contributed by atoms with Crippen molar-refractivity contribution in [2.75, 3.05) is 0 Å². The van der Waals surface area contributed by atoms with E-state index in [0.717, 1.165) is 0 Å². The Labute approximate surface area is 202 Å². The van der Waals surface area contributed by atoms with E-state index in [1.54, 1.807) is 0 Å². The van der Waals surface area contributed by atoms with Crippen LogP contribution in [0, 0.1) is 0 Å². The molecule has 0 saturated carbocycles. The summed E-state index contributed by atoms with van der Waals surface area (Å²) in [6.07, 6.45) is 0. The molecular formula is C30H16N2S2. The van der Waals surface area contributed by atoms with Gasteiger partial charge in [0.25, 0.3) is 0 Å². The van der Waals surface area contributed by atoms with Gasteiger partial charge in [-0.15, -0.1) is 22.7 Å². The highest BCUT2D eigenvalue weighted by molar-refractivity contribution is 7.26. The van der Waals surface area contributed by atoms with Crippen molar-refractivity contribution in [2.45, 2.75) is 0 Å². The number of benzene rings is 5. The van der Waals surface area contributed by atoms with Crippen molar-refractivity contribution < 1.29 is 0 Å². The van der Waals surface area contributed by atoms with Crippen LogP contribution in [0.5, 0.6) is 0 Å². The van der Waals surface area contributed by atoms with Crippen LogP contribution in [0.1, 0.15) is 0 Å². The molecule has 0 aliphatic rings. The predicted octanol–water partition coefficient (Wildman–Crippen LogP) is 9.39. The normalized spacial score (nSPS) is 12.7. The fourth-order valence-electron chi connectivity index (χ4n) is 5.88. The Morgan fingerprint density at radius 2 is 1.18 bits per heavy atom. The molecule has 2 nitrogen and oxygen atoms in total. The molecular weight excluding hydrogens is 452 g/mol. The maximum atomic E-state index is 3.67. The third-order valence-electron chi connectivity index (χ3n) is 7.25. The number of aromatic nitrogens is 2. The molecule has 0 aliphatic carbocycles. The summed E-state index contributed by atoms with van der Waals surface area (Å²) in [5.41, 5.74) is 8.79. The number of hydrogen-bond donors (Lipinski definition) is 1. The number of nitrogens with zero attached hydrogens (tertiary/aromatic N) is 1. The standard InChI is InChI=1S/C30H16N2S2/c1-2-6-18(7-3-1)32-21-9-5-11-24-29(21)30-22(32)13-17(15-26(30)34-24)16-12-20-28-25(14-16)33-23-10-4-8-19(31-20)27(23)28/h1-15,31H. The van der Waals surface area contributed by atoms with Crippen LogP contribution in [0.15, 0.2) is 91.0 Å². The lowest BCUT2D eigenvalue weighted by Gasteiger charge is -2.10. The molecule has 4 aromatic heterocycles. The van der Waals surface area contributed by atoms with E-state index in [2.05, 4.69) is 101 Å². The Hall–Kier alpha value is -3.86. The first-order chi connectivity index (χ1) is 16.8. The molecule has 0 saturated heterocycles. The molecule has 0 radical (unpaired) electrons. The van der Waals surface area contributed by atoms with Gasteiger partial charge >= 0.3 is 0 Å². The van der Waals surface area contributed by atoms with Crippen molar-refractivity contribution in [3.05, 3.63) is 91.0 Å². The summed E-state index contributed by atoms with van der Waals surface area (Å²) in [5, 5.41) is 5.53. The molecule has 0 atom stereocenters. The number of aromatic amines is 1. The molecule has 0 bridgehead atoms. The number of nitrogens with one attached hydrogen (secondary N) is 1. The van der Waals surface area contributed by atoms with Crippen molar-refractivity contribution >= 4 is 85.1 Å². The second kappa shape index (κ2) is 5.98. The molecule has 158 valence electrons. The number of rotatable bonds is 2. The molecule has 0 unspecified atom stereocenters. The van der Waals surface area contributed by atoms with Crippen LogP contribution >= 0.6 is 22.7 Å². The van der Waals surface area contributed by atoms with Crippen LogP contribution in [0.2, 0.25) is 0 Å². The second-order valence-electron chi connectivity index (χ2n) is 9.09. The Balaban J connectivity index is 1.40. The third kappa shape index (κ3) is 2.07. The summed E-state index contributed by atoms with van der Waals surface area (Å²) in [5.74, 6) is 0. The monoisotopic (exact) mass is 468 g/mol.